The first kappa shape index (κ1) is 25.5. The number of piperidine rings is 1. The number of carbonyl (C=O) groups excluding carboxylic acids is 1. The van der Waals surface area contributed by atoms with E-state index in [0.29, 0.717) is 43.1 Å². The van der Waals surface area contributed by atoms with Gasteiger partial charge < -0.3 is 10.2 Å². The molecule has 5 rings (SSSR count). The number of aromatic nitrogens is 1. The number of carbonyl (C=O) groups is 1. The van der Waals surface area contributed by atoms with Crippen LogP contribution in [-0.2, 0) is 13.0 Å². The summed E-state index contributed by atoms with van der Waals surface area (Å²) in [6, 6.07) is 11.5. The van der Waals surface area contributed by atoms with Crippen molar-refractivity contribution in [3.8, 4) is 0 Å². The zero-order valence-electron chi connectivity index (χ0n) is 21.8. The Labute approximate surface area is 219 Å². The molecule has 1 saturated heterocycles. The Morgan fingerprint density at radius 2 is 2.06 bits per heavy atom. The van der Waals surface area contributed by atoms with Gasteiger partial charge in [-0.1, -0.05) is 13.8 Å². The molecule has 0 spiro atoms. The van der Waals surface area contributed by atoms with E-state index in [1.165, 1.54) is 24.1 Å². The minimum atomic E-state index is -1.04. The first-order valence-corrected chi connectivity index (χ1v) is 14.6. The molecule has 194 valence electrons. The van der Waals surface area contributed by atoms with Crippen molar-refractivity contribution in [2.24, 2.45) is 0 Å². The fourth-order valence-corrected chi connectivity index (χ4v) is 6.55. The summed E-state index contributed by atoms with van der Waals surface area (Å²) in [5.74, 6) is 0.959. The Kier molecular flexibility index (Phi) is 7.59. The van der Waals surface area contributed by atoms with Gasteiger partial charge in [-0.2, -0.15) is 0 Å². The average molecular weight is 511 g/mol. The quantitative estimate of drug-likeness (QED) is 0.444. The molecular weight excluding hydrogens is 471 g/mol. The maximum Gasteiger partial charge on any atom is 0.251 e. The van der Waals surface area contributed by atoms with E-state index in [9.17, 15) is 9.18 Å². The number of hydrogen-bond acceptors (Lipinski definition) is 5. The van der Waals surface area contributed by atoms with Gasteiger partial charge in [0.2, 0.25) is 0 Å². The third-order valence-corrected chi connectivity index (χ3v) is 8.83. The third-order valence-electron chi connectivity index (χ3n) is 7.96. The van der Waals surface area contributed by atoms with E-state index >= 15 is 0 Å². The number of rotatable bonds is 9. The molecule has 3 unspecified atom stereocenters. The van der Waals surface area contributed by atoms with Gasteiger partial charge in [0, 0.05) is 53.6 Å². The van der Waals surface area contributed by atoms with Crippen molar-refractivity contribution in [1.29, 1.82) is 0 Å². The highest BCUT2D eigenvalue weighted by Crippen LogP contribution is 2.42. The van der Waals surface area contributed by atoms with Crippen LogP contribution in [0.5, 0.6) is 0 Å². The third kappa shape index (κ3) is 5.72. The summed E-state index contributed by atoms with van der Waals surface area (Å²) < 4.78 is 14.7. The average Bonchev–Trinajstić information content (AvgIpc) is 3.64. The Balaban J connectivity index is 1.24. The molecule has 36 heavy (non-hydrogen) atoms. The van der Waals surface area contributed by atoms with E-state index < -0.39 is 5.67 Å². The van der Waals surface area contributed by atoms with Gasteiger partial charge in [-0.15, -0.1) is 11.8 Å². The Morgan fingerprint density at radius 3 is 2.75 bits per heavy atom. The van der Waals surface area contributed by atoms with Crippen molar-refractivity contribution in [1.82, 2.24) is 15.2 Å². The van der Waals surface area contributed by atoms with Crippen LogP contribution < -0.4 is 10.2 Å². The number of nitrogens with one attached hydrogen (secondary N) is 1. The van der Waals surface area contributed by atoms with Crippen molar-refractivity contribution in [3.05, 3.63) is 53.3 Å². The highest BCUT2D eigenvalue weighted by Gasteiger charge is 2.42. The molecule has 2 aromatic rings. The van der Waals surface area contributed by atoms with E-state index in [4.69, 9.17) is 0 Å². The number of anilines is 1. The highest BCUT2D eigenvalue weighted by atomic mass is 32.2. The van der Waals surface area contributed by atoms with Crippen LogP contribution in [0, 0.1) is 0 Å². The molecule has 0 bridgehead atoms. The second kappa shape index (κ2) is 10.7. The molecule has 3 aliphatic rings. The van der Waals surface area contributed by atoms with Gasteiger partial charge in [-0.3, -0.25) is 14.7 Å². The van der Waals surface area contributed by atoms with Crippen LogP contribution in [0.1, 0.15) is 74.5 Å². The minimum absolute atomic E-state index is 0.0580. The van der Waals surface area contributed by atoms with E-state index in [0.717, 1.165) is 42.3 Å². The number of amides is 1. The molecule has 2 aliphatic heterocycles. The number of pyridine rings is 1. The molecule has 3 atom stereocenters. The number of benzene rings is 1. The number of alkyl halides is 1. The van der Waals surface area contributed by atoms with Crippen LogP contribution in [0.4, 0.5) is 10.1 Å². The number of nitrogens with zero attached hydrogens (tertiary/aromatic N) is 3. The van der Waals surface area contributed by atoms with Gasteiger partial charge in [0.1, 0.15) is 5.67 Å². The molecule has 1 aromatic heterocycles. The summed E-state index contributed by atoms with van der Waals surface area (Å²) in [4.78, 5) is 23.7. The SMILES string of the molecule is CCSc1ccc(CNC(=O)c2ccc3c(c2)CC(CN2CCC(C)(F)CC2CC)N3C2CC2)nc1. The van der Waals surface area contributed by atoms with E-state index in [1.807, 2.05) is 18.3 Å². The summed E-state index contributed by atoms with van der Waals surface area (Å²) >= 11 is 1.76. The predicted octanol–water partition coefficient (Wildman–Crippen LogP) is 5.62. The lowest BCUT2D eigenvalue weighted by atomic mass is 9.88. The molecule has 3 heterocycles. The van der Waals surface area contributed by atoms with E-state index in [2.05, 4.69) is 52.1 Å². The van der Waals surface area contributed by atoms with Crippen LogP contribution in [0.25, 0.3) is 0 Å². The molecular formula is C29H39FN4OS. The van der Waals surface area contributed by atoms with Crippen molar-refractivity contribution < 1.29 is 9.18 Å². The fraction of sp³-hybridized carbons (Fsp3) is 0.586. The normalized spacial score (nSPS) is 26.2. The maximum atomic E-state index is 14.7. The summed E-state index contributed by atoms with van der Waals surface area (Å²) in [5, 5.41) is 3.04. The zero-order valence-corrected chi connectivity index (χ0v) is 22.6. The number of likely N-dealkylation sites (tertiary alicyclic amines) is 1. The lowest BCUT2D eigenvalue weighted by molar-refractivity contribution is 0.0253. The summed E-state index contributed by atoms with van der Waals surface area (Å²) in [7, 11) is 0. The lowest BCUT2D eigenvalue weighted by Gasteiger charge is -2.43. The van der Waals surface area contributed by atoms with Gasteiger partial charge in [0.05, 0.1) is 12.2 Å². The van der Waals surface area contributed by atoms with Crippen molar-refractivity contribution in [3.63, 3.8) is 0 Å². The minimum Gasteiger partial charge on any atom is -0.364 e. The van der Waals surface area contributed by atoms with Crippen LogP contribution in [0.15, 0.2) is 41.4 Å². The first-order chi connectivity index (χ1) is 17.4. The molecule has 1 amide bonds. The largest absolute Gasteiger partial charge is 0.364 e. The topological polar surface area (TPSA) is 48.5 Å². The monoisotopic (exact) mass is 510 g/mol. The van der Waals surface area contributed by atoms with E-state index in [1.54, 1.807) is 18.7 Å². The molecule has 1 N–H and O–H groups in total. The molecule has 7 heteroatoms. The van der Waals surface area contributed by atoms with Crippen molar-refractivity contribution >= 4 is 23.4 Å². The number of thioether (sulfide) groups is 1. The van der Waals surface area contributed by atoms with Crippen LogP contribution in [-0.4, -0.2) is 58.4 Å². The second-order valence-corrected chi connectivity index (χ2v) is 12.2. The number of halogens is 1. The smallest absolute Gasteiger partial charge is 0.251 e. The maximum absolute atomic E-state index is 14.7. The summed E-state index contributed by atoms with van der Waals surface area (Å²) in [5.41, 5.74) is 3.08. The van der Waals surface area contributed by atoms with Crippen LogP contribution in [0.2, 0.25) is 0 Å². The molecule has 2 fully saturated rings. The van der Waals surface area contributed by atoms with Crippen molar-refractivity contribution in [2.45, 2.75) is 94.5 Å². The van der Waals surface area contributed by atoms with Gasteiger partial charge in [0.15, 0.2) is 0 Å². The lowest BCUT2D eigenvalue weighted by Crippen LogP contribution is -2.52. The second-order valence-electron chi connectivity index (χ2n) is 10.9. The first-order valence-electron chi connectivity index (χ1n) is 13.6. The Bertz CT molecular complexity index is 1070. The fourth-order valence-electron chi connectivity index (χ4n) is 5.93. The standard InChI is InChI=1S/C29H39FN4OS/c1-4-23-16-29(3,30)12-13-33(23)19-25-15-21-14-20(6-11-27(21)34(25)24-8-9-24)28(35)32-17-22-7-10-26(18-31-22)36-5-2/h6-7,10-11,14,18,23-25H,4-5,8-9,12-13,15-17,19H2,1-3H3,(H,32,35). The molecule has 0 radical (unpaired) electrons. The summed E-state index contributed by atoms with van der Waals surface area (Å²) in [6.45, 7) is 8.29. The van der Waals surface area contributed by atoms with Gasteiger partial charge >= 0.3 is 0 Å². The predicted molar refractivity (Wildman–Crippen MR) is 146 cm³/mol. The molecule has 5 nitrogen and oxygen atoms in total. The zero-order chi connectivity index (χ0) is 25.3. The highest BCUT2D eigenvalue weighted by molar-refractivity contribution is 7.99. The van der Waals surface area contributed by atoms with Gasteiger partial charge in [-0.05, 0) is 87.1 Å². The van der Waals surface area contributed by atoms with Gasteiger partial charge in [-0.25, -0.2) is 4.39 Å². The Morgan fingerprint density at radius 1 is 1.22 bits per heavy atom. The Hall–Kier alpha value is -2.12. The van der Waals surface area contributed by atoms with Gasteiger partial charge in [0.25, 0.3) is 5.91 Å². The van der Waals surface area contributed by atoms with Crippen LogP contribution in [0.3, 0.4) is 0 Å². The van der Waals surface area contributed by atoms with Crippen LogP contribution >= 0.6 is 11.8 Å². The number of fused-ring (bicyclic) bond motifs is 1. The number of hydrogen-bond donors (Lipinski definition) is 1. The molecule has 1 saturated carbocycles. The summed E-state index contributed by atoms with van der Waals surface area (Å²) in [6.07, 6.45) is 7.53. The van der Waals surface area contributed by atoms with Crippen molar-refractivity contribution in [2.75, 3.05) is 23.7 Å². The molecule has 1 aromatic carbocycles. The van der Waals surface area contributed by atoms with E-state index in [-0.39, 0.29) is 5.91 Å². The molecule has 1 aliphatic carbocycles.